The maximum Gasteiger partial charge on any atom is 0.412 e. The van der Waals surface area contributed by atoms with Gasteiger partial charge in [-0.05, 0) is 54.0 Å². The highest BCUT2D eigenvalue weighted by molar-refractivity contribution is 7.13. The molecule has 0 atom stereocenters. The van der Waals surface area contributed by atoms with E-state index in [1.54, 1.807) is 17.4 Å². The Morgan fingerprint density at radius 3 is 2.71 bits per heavy atom. The minimum absolute atomic E-state index is 0.381. The van der Waals surface area contributed by atoms with Crippen molar-refractivity contribution in [3.63, 3.8) is 0 Å². The largest absolute Gasteiger partial charge is 0.412 e. The van der Waals surface area contributed by atoms with Crippen LogP contribution in [0.3, 0.4) is 0 Å². The molecule has 0 unspecified atom stereocenters. The first kappa shape index (κ1) is 18.7. The van der Waals surface area contributed by atoms with E-state index in [2.05, 4.69) is 27.8 Å². The number of benzene rings is 1. The standard InChI is InChI=1S/C23H24N2O2S/c26-23(25-14-17-6-2-1-3-7-17)27-21-9-4-8-18(13-21)19-12-20(16-24-15-19)22-10-5-11-28-22/h4-5,8-13,15-17H,1-3,6-7,14H2,(H,25,26). The Labute approximate surface area is 169 Å². The summed E-state index contributed by atoms with van der Waals surface area (Å²) in [6.45, 7) is 0.700. The highest BCUT2D eigenvalue weighted by Crippen LogP contribution is 2.29. The lowest BCUT2D eigenvalue weighted by Gasteiger charge is -2.21. The van der Waals surface area contributed by atoms with E-state index in [9.17, 15) is 4.79 Å². The lowest BCUT2D eigenvalue weighted by molar-refractivity contribution is 0.196. The zero-order valence-electron chi connectivity index (χ0n) is 15.8. The lowest BCUT2D eigenvalue weighted by atomic mass is 9.89. The summed E-state index contributed by atoms with van der Waals surface area (Å²) in [7, 11) is 0. The van der Waals surface area contributed by atoms with Crippen LogP contribution in [0.15, 0.2) is 60.2 Å². The van der Waals surface area contributed by atoms with E-state index in [-0.39, 0.29) is 6.09 Å². The molecule has 28 heavy (non-hydrogen) atoms. The Morgan fingerprint density at radius 1 is 1.04 bits per heavy atom. The molecule has 0 radical (unpaired) electrons. The molecular weight excluding hydrogens is 368 g/mol. The Balaban J connectivity index is 1.41. The van der Waals surface area contributed by atoms with E-state index in [1.807, 2.05) is 36.7 Å². The van der Waals surface area contributed by atoms with Crippen molar-refractivity contribution in [1.82, 2.24) is 10.3 Å². The fraction of sp³-hybridized carbons (Fsp3) is 0.304. The minimum atomic E-state index is -0.381. The van der Waals surface area contributed by atoms with Crippen LogP contribution in [0.25, 0.3) is 21.6 Å². The summed E-state index contributed by atoms with van der Waals surface area (Å²) in [6, 6.07) is 13.8. The third-order valence-corrected chi connectivity index (χ3v) is 6.10. The van der Waals surface area contributed by atoms with Gasteiger partial charge in [-0.1, -0.05) is 37.5 Å². The van der Waals surface area contributed by atoms with Gasteiger partial charge in [0.15, 0.2) is 0 Å². The van der Waals surface area contributed by atoms with E-state index in [0.717, 1.165) is 16.7 Å². The number of carbonyl (C=O) groups excluding carboxylic acids is 1. The fourth-order valence-corrected chi connectivity index (χ4v) is 4.39. The van der Waals surface area contributed by atoms with Gasteiger partial charge in [-0.2, -0.15) is 0 Å². The summed E-state index contributed by atoms with van der Waals surface area (Å²) < 4.78 is 5.50. The van der Waals surface area contributed by atoms with Crippen LogP contribution in [0.4, 0.5) is 4.79 Å². The molecule has 1 N–H and O–H groups in total. The summed E-state index contributed by atoms with van der Waals surface area (Å²) in [4.78, 5) is 17.7. The number of carbonyl (C=O) groups is 1. The number of rotatable bonds is 5. The third kappa shape index (κ3) is 4.78. The number of thiophene rings is 1. The van der Waals surface area contributed by atoms with Crippen LogP contribution in [-0.4, -0.2) is 17.6 Å². The van der Waals surface area contributed by atoms with Crippen molar-refractivity contribution in [1.29, 1.82) is 0 Å². The Hall–Kier alpha value is -2.66. The Bertz CT molecular complexity index is 918. The van der Waals surface area contributed by atoms with Crippen LogP contribution < -0.4 is 10.1 Å². The number of ether oxygens (including phenoxy) is 1. The molecule has 1 aromatic carbocycles. The predicted molar refractivity (Wildman–Crippen MR) is 114 cm³/mol. The SMILES string of the molecule is O=C(NCC1CCCCC1)Oc1cccc(-c2cncc(-c3cccs3)c2)c1. The molecule has 4 nitrogen and oxygen atoms in total. The van der Waals surface area contributed by atoms with Gasteiger partial charge in [0, 0.05) is 34.9 Å². The fourth-order valence-electron chi connectivity index (χ4n) is 3.68. The second kappa shape index (κ2) is 9.02. The second-order valence-electron chi connectivity index (χ2n) is 7.24. The van der Waals surface area contributed by atoms with E-state index >= 15 is 0 Å². The van der Waals surface area contributed by atoms with Crippen molar-refractivity contribution in [2.45, 2.75) is 32.1 Å². The van der Waals surface area contributed by atoms with Crippen LogP contribution in [-0.2, 0) is 0 Å². The zero-order chi connectivity index (χ0) is 19.2. The van der Waals surface area contributed by atoms with Gasteiger partial charge in [-0.25, -0.2) is 4.79 Å². The van der Waals surface area contributed by atoms with Gasteiger partial charge in [-0.15, -0.1) is 11.3 Å². The molecule has 1 fully saturated rings. The Morgan fingerprint density at radius 2 is 1.89 bits per heavy atom. The smallest absolute Gasteiger partial charge is 0.410 e. The number of hydrogen-bond donors (Lipinski definition) is 1. The molecule has 1 aliphatic carbocycles. The first-order valence-corrected chi connectivity index (χ1v) is 10.7. The van der Waals surface area contributed by atoms with Crippen molar-refractivity contribution >= 4 is 17.4 Å². The Kier molecular flexibility index (Phi) is 6.02. The summed E-state index contributed by atoms with van der Waals surface area (Å²) in [5.41, 5.74) is 3.06. The van der Waals surface area contributed by atoms with Gasteiger partial charge in [0.2, 0.25) is 0 Å². The molecule has 4 rings (SSSR count). The van der Waals surface area contributed by atoms with Crippen LogP contribution in [0.2, 0.25) is 0 Å². The molecular formula is C23H24N2O2S. The van der Waals surface area contributed by atoms with Gasteiger partial charge in [0.05, 0.1) is 0 Å². The van der Waals surface area contributed by atoms with Crippen LogP contribution in [0, 0.1) is 5.92 Å². The van der Waals surface area contributed by atoms with Crippen molar-refractivity contribution in [2.24, 2.45) is 5.92 Å². The number of amides is 1. The van der Waals surface area contributed by atoms with Crippen LogP contribution in [0.1, 0.15) is 32.1 Å². The molecule has 2 aromatic heterocycles. The zero-order valence-corrected chi connectivity index (χ0v) is 16.6. The van der Waals surface area contributed by atoms with E-state index in [1.165, 1.54) is 37.0 Å². The van der Waals surface area contributed by atoms with Gasteiger partial charge in [0.25, 0.3) is 0 Å². The average Bonchev–Trinajstić information content (AvgIpc) is 3.28. The molecule has 0 aliphatic heterocycles. The molecule has 1 aliphatic rings. The molecule has 1 amide bonds. The number of pyridine rings is 1. The van der Waals surface area contributed by atoms with Gasteiger partial charge < -0.3 is 10.1 Å². The maximum atomic E-state index is 12.2. The van der Waals surface area contributed by atoms with Gasteiger partial charge in [-0.3, -0.25) is 4.98 Å². The summed E-state index contributed by atoms with van der Waals surface area (Å²) in [6.07, 6.45) is 9.56. The van der Waals surface area contributed by atoms with Crippen molar-refractivity contribution in [3.8, 4) is 27.3 Å². The molecule has 0 saturated heterocycles. The first-order chi connectivity index (χ1) is 13.8. The van der Waals surface area contributed by atoms with Crippen LogP contribution >= 0.6 is 11.3 Å². The predicted octanol–water partition coefficient (Wildman–Crippen LogP) is 6.15. The summed E-state index contributed by atoms with van der Waals surface area (Å²) >= 11 is 1.69. The van der Waals surface area contributed by atoms with Crippen molar-refractivity contribution in [2.75, 3.05) is 6.54 Å². The summed E-state index contributed by atoms with van der Waals surface area (Å²) in [5, 5.41) is 4.97. The number of hydrogen-bond acceptors (Lipinski definition) is 4. The van der Waals surface area contributed by atoms with Gasteiger partial charge >= 0.3 is 6.09 Å². The van der Waals surface area contributed by atoms with Crippen molar-refractivity contribution in [3.05, 3.63) is 60.2 Å². The van der Waals surface area contributed by atoms with E-state index < -0.39 is 0 Å². The van der Waals surface area contributed by atoms with E-state index in [4.69, 9.17) is 4.74 Å². The molecule has 0 bridgehead atoms. The van der Waals surface area contributed by atoms with Gasteiger partial charge in [0.1, 0.15) is 5.75 Å². The van der Waals surface area contributed by atoms with E-state index in [0.29, 0.717) is 18.2 Å². The second-order valence-corrected chi connectivity index (χ2v) is 8.19. The normalized spacial score (nSPS) is 14.6. The highest BCUT2D eigenvalue weighted by atomic mass is 32.1. The number of nitrogens with one attached hydrogen (secondary N) is 1. The molecule has 1 saturated carbocycles. The third-order valence-electron chi connectivity index (χ3n) is 5.18. The molecule has 0 spiro atoms. The average molecular weight is 393 g/mol. The molecule has 144 valence electrons. The number of nitrogens with zero attached hydrogens (tertiary/aromatic N) is 1. The molecule has 3 aromatic rings. The van der Waals surface area contributed by atoms with Crippen LogP contribution in [0.5, 0.6) is 5.75 Å². The summed E-state index contributed by atoms with van der Waals surface area (Å²) in [5.74, 6) is 1.12. The highest BCUT2D eigenvalue weighted by Gasteiger charge is 2.15. The quantitative estimate of drug-likeness (QED) is 0.567. The molecule has 2 heterocycles. The monoisotopic (exact) mass is 392 g/mol. The first-order valence-electron chi connectivity index (χ1n) is 9.83. The topological polar surface area (TPSA) is 51.2 Å². The maximum absolute atomic E-state index is 12.2. The minimum Gasteiger partial charge on any atom is -0.410 e. The number of aromatic nitrogens is 1. The van der Waals surface area contributed by atoms with Crippen molar-refractivity contribution < 1.29 is 9.53 Å². The molecule has 5 heteroatoms. The lowest BCUT2D eigenvalue weighted by Crippen LogP contribution is -2.32.